The van der Waals surface area contributed by atoms with Gasteiger partial charge in [0, 0.05) is 8.80 Å². The first-order valence-electron chi connectivity index (χ1n) is 6.94. The van der Waals surface area contributed by atoms with Crippen molar-refractivity contribution in [3.8, 4) is 0 Å². The predicted octanol–water partition coefficient (Wildman–Crippen LogP) is 5.35. The summed E-state index contributed by atoms with van der Waals surface area (Å²) >= 11 is 0. The maximum absolute atomic E-state index is 3.56. The van der Waals surface area contributed by atoms with Gasteiger partial charge in [0.05, 0.1) is 0 Å². The molecule has 0 aliphatic heterocycles. The molecule has 0 spiro atoms. The van der Waals surface area contributed by atoms with Gasteiger partial charge in [-0.15, -0.1) is 0 Å². The van der Waals surface area contributed by atoms with Crippen LogP contribution < -0.4 is 0 Å². The number of fused-ring (bicyclic) bond motifs is 1. The number of hydrogen-bond acceptors (Lipinski definition) is 0. The van der Waals surface area contributed by atoms with Crippen LogP contribution >= 0.6 is 0 Å². The van der Waals surface area contributed by atoms with E-state index < -0.39 is 8.80 Å². The molecule has 1 unspecified atom stereocenters. The van der Waals surface area contributed by atoms with Crippen LogP contribution in [0.25, 0.3) is 5.57 Å². The van der Waals surface area contributed by atoms with Gasteiger partial charge in [-0.3, -0.25) is 0 Å². The van der Waals surface area contributed by atoms with E-state index in [-0.39, 0.29) is 21.7 Å². The third-order valence-electron chi connectivity index (χ3n) is 3.77. The SMILES string of the molecule is C=CC(=C)C.CC1=C(C)C([SiH](C)C)c2ccccc21.[Ti+4]. The molecule has 102 valence electrons. The van der Waals surface area contributed by atoms with Crippen molar-refractivity contribution in [3.63, 3.8) is 0 Å². The fourth-order valence-electron chi connectivity index (χ4n) is 2.65. The number of benzene rings is 1. The van der Waals surface area contributed by atoms with Crippen LogP contribution in [-0.2, 0) is 21.7 Å². The number of allylic oxidation sites excluding steroid dienone is 4. The van der Waals surface area contributed by atoms with Crippen molar-refractivity contribution < 1.29 is 21.7 Å². The summed E-state index contributed by atoms with van der Waals surface area (Å²) in [5, 5.41) is 0. The summed E-state index contributed by atoms with van der Waals surface area (Å²) in [7, 11) is -0.614. The molecule has 0 fully saturated rings. The minimum Gasteiger partial charge on any atom is -0.0988 e. The average Bonchev–Trinajstić information content (AvgIpc) is 2.63. The summed E-state index contributed by atoms with van der Waals surface area (Å²) in [6.45, 7) is 18.4. The van der Waals surface area contributed by atoms with Crippen LogP contribution in [0, 0.1) is 0 Å². The third kappa shape index (κ3) is 4.44. The fraction of sp³-hybridized carbons (Fsp3) is 0.333. The van der Waals surface area contributed by atoms with E-state index in [2.05, 4.69) is 64.4 Å². The summed E-state index contributed by atoms with van der Waals surface area (Å²) in [5.74, 6) is 0. The van der Waals surface area contributed by atoms with Crippen molar-refractivity contribution in [2.75, 3.05) is 0 Å². The summed E-state index contributed by atoms with van der Waals surface area (Å²) in [6.07, 6.45) is 1.72. The Morgan fingerprint density at radius 2 is 1.70 bits per heavy atom. The van der Waals surface area contributed by atoms with Gasteiger partial charge in [-0.2, -0.15) is 0 Å². The summed E-state index contributed by atoms with van der Waals surface area (Å²) in [5.41, 5.74) is 8.02. The van der Waals surface area contributed by atoms with Crippen LogP contribution in [-0.4, -0.2) is 8.80 Å². The fourth-order valence-corrected chi connectivity index (χ4v) is 4.91. The predicted molar refractivity (Wildman–Crippen MR) is 91.3 cm³/mol. The molecule has 1 aliphatic rings. The van der Waals surface area contributed by atoms with Gasteiger partial charge in [-0.1, -0.05) is 67.7 Å². The van der Waals surface area contributed by atoms with Gasteiger partial charge in [-0.05, 0) is 43.0 Å². The van der Waals surface area contributed by atoms with Crippen molar-refractivity contribution in [1.29, 1.82) is 0 Å². The zero-order valence-corrected chi connectivity index (χ0v) is 16.2. The zero-order chi connectivity index (χ0) is 14.6. The van der Waals surface area contributed by atoms with Gasteiger partial charge < -0.3 is 0 Å². The molecule has 0 heterocycles. The molecular formula is C18H26SiTi+4. The van der Waals surface area contributed by atoms with Crippen molar-refractivity contribution in [3.05, 3.63) is 65.8 Å². The molecule has 1 aromatic rings. The largest absolute Gasteiger partial charge is 4.00 e. The van der Waals surface area contributed by atoms with Crippen LogP contribution in [0.2, 0.25) is 13.1 Å². The van der Waals surface area contributed by atoms with Gasteiger partial charge in [0.1, 0.15) is 0 Å². The second kappa shape index (κ2) is 8.61. The normalized spacial score (nSPS) is 16.0. The third-order valence-corrected chi connectivity index (χ3v) is 5.97. The van der Waals surface area contributed by atoms with E-state index in [4.69, 9.17) is 0 Å². The van der Waals surface area contributed by atoms with Crippen LogP contribution in [0.15, 0.2) is 54.6 Å². The molecule has 0 N–H and O–H groups in total. The first kappa shape index (κ1) is 19.4. The Bertz CT molecular complexity index is 512. The van der Waals surface area contributed by atoms with E-state index in [1.54, 1.807) is 17.2 Å². The Balaban J connectivity index is 0.000000526. The van der Waals surface area contributed by atoms with E-state index in [0.717, 1.165) is 11.1 Å². The Morgan fingerprint density at radius 3 is 2.15 bits per heavy atom. The smallest absolute Gasteiger partial charge is 0.0988 e. The molecule has 0 nitrogen and oxygen atoms in total. The first-order chi connectivity index (χ1) is 8.90. The van der Waals surface area contributed by atoms with Gasteiger partial charge in [0.15, 0.2) is 0 Å². The van der Waals surface area contributed by atoms with E-state index >= 15 is 0 Å². The number of hydrogen-bond donors (Lipinski definition) is 0. The van der Waals surface area contributed by atoms with E-state index in [9.17, 15) is 0 Å². The Hall–Kier alpha value is -0.629. The molecule has 1 aliphatic carbocycles. The van der Waals surface area contributed by atoms with Gasteiger partial charge in [0.2, 0.25) is 0 Å². The van der Waals surface area contributed by atoms with Crippen LogP contribution in [0.4, 0.5) is 0 Å². The molecule has 0 saturated heterocycles. The van der Waals surface area contributed by atoms with Crippen LogP contribution in [0.1, 0.15) is 37.4 Å². The summed E-state index contributed by atoms with van der Waals surface area (Å²) in [4.78, 5) is 0. The maximum atomic E-state index is 3.56. The minimum absolute atomic E-state index is 0. The quantitative estimate of drug-likeness (QED) is 0.509. The summed E-state index contributed by atoms with van der Waals surface area (Å²) in [6, 6.07) is 8.91. The van der Waals surface area contributed by atoms with E-state index in [1.165, 1.54) is 11.1 Å². The molecule has 20 heavy (non-hydrogen) atoms. The molecule has 0 radical (unpaired) electrons. The van der Waals surface area contributed by atoms with Crippen molar-refractivity contribution in [2.45, 2.75) is 39.4 Å². The molecule has 1 atom stereocenters. The molecule has 0 aromatic heterocycles. The topological polar surface area (TPSA) is 0 Å². The van der Waals surface area contributed by atoms with Crippen molar-refractivity contribution in [1.82, 2.24) is 0 Å². The molecular weight excluding hydrogens is 292 g/mol. The maximum Gasteiger partial charge on any atom is 4.00 e. The minimum atomic E-state index is -0.614. The Labute approximate surface area is 141 Å². The standard InChI is InChI=1S/C13H18Si.C5H8.Ti/c1-9-10(2)13(14(3)4)12-8-6-5-7-11(9)12;1-4-5(2)3;/h5-8,13-14H,1-4H3;4H,1-2H2,3H3;/q;;+4. The molecule has 2 heteroatoms. The van der Waals surface area contributed by atoms with Crippen LogP contribution in [0.3, 0.4) is 0 Å². The molecule has 0 saturated carbocycles. The average molecular weight is 318 g/mol. The zero-order valence-electron chi connectivity index (χ0n) is 13.5. The molecule has 0 bridgehead atoms. The Kier molecular flexibility index (Phi) is 8.34. The molecule has 0 amide bonds. The summed E-state index contributed by atoms with van der Waals surface area (Å²) < 4.78 is 0. The van der Waals surface area contributed by atoms with Crippen molar-refractivity contribution in [2.24, 2.45) is 0 Å². The van der Waals surface area contributed by atoms with E-state index in [0.29, 0.717) is 0 Å². The molecule has 2 rings (SSSR count). The monoisotopic (exact) mass is 318 g/mol. The van der Waals surface area contributed by atoms with Crippen molar-refractivity contribution >= 4 is 14.4 Å². The van der Waals surface area contributed by atoms with E-state index in [1.807, 2.05) is 6.92 Å². The van der Waals surface area contributed by atoms with Gasteiger partial charge in [-0.25, -0.2) is 0 Å². The Morgan fingerprint density at radius 1 is 1.20 bits per heavy atom. The number of rotatable bonds is 2. The van der Waals surface area contributed by atoms with Gasteiger partial charge in [0.25, 0.3) is 0 Å². The van der Waals surface area contributed by atoms with Crippen LogP contribution in [0.5, 0.6) is 0 Å². The second-order valence-electron chi connectivity index (χ2n) is 5.67. The van der Waals surface area contributed by atoms with Gasteiger partial charge >= 0.3 is 21.7 Å². The molecule has 1 aromatic carbocycles. The first-order valence-corrected chi connectivity index (χ1v) is 9.92. The second-order valence-corrected chi connectivity index (χ2v) is 8.82.